The Bertz CT molecular complexity index is 1180. The number of para-hydroxylation sites is 1. The Labute approximate surface area is 181 Å². The van der Waals surface area contributed by atoms with Crippen LogP contribution in [0.5, 0.6) is 11.5 Å². The molecule has 2 heterocycles. The molecule has 4 rings (SSSR count). The van der Waals surface area contributed by atoms with E-state index in [0.717, 1.165) is 16.3 Å². The lowest BCUT2D eigenvalue weighted by Gasteiger charge is -2.06. The minimum absolute atomic E-state index is 0.0206. The summed E-state index contributed by atoms with van der Waals surface area (Å²) < 4.78 is 11.1. The molecule has 10 heteroatoms. The topological polar surface area (TPSA) is 139 Å². The summed E-state index contributed by atoms with van der Waals surface area (Å²) >= 11 is 1.44. The van der Waals surface area contributed by atoms with Crippen LogP contribution in [0.25, 0.3) is 10.6 Å². The number of aromatic nitrogens is 4. The molecule has 0 atom stereocenters. The molecular formula is C21H18N6O3S. The Morgan fingerprint density at radius 3 is 2.42 bits per heavy atom. The molecule has 2 aromatic carbocycles. The molecule has 4 aromatic rings. The number of thiazole rings is 1. The predicted octanol–water partition coefficient (Wildman–Crippen LogP) is 3.24. The van der Waals surface area contributed by atoms with Gasteiger partial charge in [-0.1, -0.05) is 30.3 Å². The van der Waals surface area contributed by atoms with Gasteiger partial charge in [-0.15, -0.1) is 11.3 Å². The summed E-state index contributed by atoms with van der Waals surface area (Å²) in [6.07, 6.45) is 0.0206. The van der Waals surface area contributed by atoms with Crippen LogP contribution in [-0.4, -0.2) is 25.9 Å². The highest BCUT2D eigenvalue weighted by molar-refractivity contribution is 7.13. The minimum atomic E-state index is -0.462. The van der Waals surface area contributed by atoms with Gasteiger partial charge in [-0.05, 0) is 24.3 Å². The fraction of sp³-hybridized carbons (Fsp3) is 0.0952. The van der Waals surface area contributed by atoms with Crippen molar-refractivity contribution in [2.75, 3.05) is 11.5 Å². The SMILES string of the molecule is Nc1nc(N)nc(COC(=O)Cc2csc(-c3cccc(Oc4ccccc4)c3)n2)n1. The lowest BCUT2D eigenvalue weighted by molar-refractivity contribution is -0.144. The van der Waals surface area contributed by atoms with Crippen LogP contribution in [0.15, 0.2) is 60.0 Å². The van der Waals surface area contributed by atoms with Crippen LogP contribution < -0.4 is 16.2 Å². The molecule has 0 aliphatic carbocycles. The zero-order chi connectivity index (χ0) is 21.6. The maximum Gasteiger partial charge on any atom is 0.312 e. The number of nitrogens with zero attached hydrogens (tertiary/aromatic N) is 4. The van der Waals surface area contributed by atoms with Crippen molar-refractivity contribution in [3.8, 4) is 22.1 Å². The van der Waals surface area contributed by atoms with E-state index < -0.39 is 5.97 Å². The minimum Gasteiger partial charge on any atom is -0.457 e. The van der Waals surface area contributed by atoms with Crippen LogP contribution >= 0.6 is 11.3 Å². The number of benzene rings is 2. The second-order valence-corrected chi connectivity index (χ2v) is 7.25. The number of hydrogen-bond acceptors (Lipinski definition) is 10. The summed E-state index contributed by atoms with van der Waals surface area (Å²) in [6, 6.07) is 17.2. The van der Waals surface area contributed by atoms with Crippen molar-refractivity contribution >= 4 is 29.2 Å². The van der Waals surface area contributed by atoms with Crippen molar-refractivity contribution in [1.29, 1.82) is 0 Å². The molecule has 2 aromatic heterocycles. The number of hydrogen-bond donors (Lipinski definition) is 2. The lowest BCUT2D eigenvalue weighted by Crippen LogP contribution is -2.12. The number of anilines is 2. The van der Waals surface area contributed by atoms with E-state index in [-0.39, 0.29) is 30.7 Å². The maximum atomic E-state index is 12.1. The summed E-state index contributed by atoms with van der Waals surface area (Å²) in [7, 11) is 0. The van der Waals surface area contributed by atoms with Gasteiger partial charge >= 0.3 is 5.97 Å². The Balaban J connectivity index is 1.37. The van der Waals surface area contributed by atoms with Gasteiger partial charge in [0.15, 0.2) is 12.4 Å². The fourth-order valence-electron chi connectivity index (χ4n) is 2.70. The number of ether oxygens (including phenoxy) is 2. The highest BCUT2D eigenvalue weighted by atomic mass is 32.1. The van der Waals surface area contributed by atoms with E-state index in [1.54, 1.807) is 0 Å². The van der Waals surface area contributed by atoms with Gasteiger partial charge in [0.2, 0.25) is 11.9 Å². The molecule has 0 bridgehead atoms. The van der Waals surface area contributed by atoms with E-state index in [9.17, 15) is 4.79 Å². The summed E-state index contributed by atoms with van der Waals surface area (Å²) in [6.45, 7) is -0.147. The Kier molecular flexibility index (Phi) is 5.99. The molecule has 0 fully saturated rings. The normalized spacial score (nSPS) is 10.6. The van der Waals surface area contributed by atoms with Crippen LogP contribution in [-0.2, 0) is 22.6 Å². The second-order valence-electron chi connectivity index (χ2n) is 6.39. The first-order chi connectivity index (χ1) is 15.0. The molecule has 0 unspecified atom stereocenters. The van der Waals surface area contributed by atoms with E-state index in [1.807, 2.05) is 60.0 Å². The summed E-state index contributed by atoms with van der Waals surface area (Å²) in [5, 5.41) is 2.60. The van der Waals surface area contributed by atoms with Gasteiger partial charge in [0, 0.05) is 10.9 Å². The van der Waals surface area contributed by atoms with Crippen molar-refractivity contribution in [2.24, 2.45) is 0 Å². The van der Waals surface area contributed by atoms with Gasteiger partial charge < -0.3 is 20.9 Å². The van der Waals surface area contributed by atoms with E-state index in [4.69, 9.17) is 20.9 Å². The number of esters is 1. The van der Waals surface area contributed by atoms with E-state index in [1.165, 1.54) is 11.3 Å². The Morgan fingerprint density at radius 1 is 0.903 bits per heavy atom. The Morgan fingerprint density at radius 2 is 1.65 bits per heavy atom. The smallest absolute Gasteiger partial charge is 0.312 e. The van der Waals surface area contributed by atoms with Crippen molar-refractivity contribution in [3.05, 3.63) is 71.5 Å². The van der Waals surface area contributed by atoms with Gasteiger partial charge in [0.25, 0.3) is 0 Å². The number of nitrogens with two attached hydrogens (primary N) is 2. The zero-order valence-corrected chi connectivity index (χ0v) is 17.1. The van der Waals surface area contributed by atoms with Crippen LogP contribution in [0.1, 0.15) is 11.5 Å². The molecule has 0 aliphatic rings. The van der Waals surface area contributed by atoms with Gasteiger partial charge in [-0.25, -0.2) is 4.98 Å². The molecule has 0 saturated heterocycles. The highest BCUT2D eigenvalue weighted by Crippen LogP contribution is 2.29. The summed E-state index contributed by atoms with van der Waals surface area (Å²) in [4.78, 5) is 28.1. The molecule has 0 saturated carbocycles. The molecule has 4 N–H and O–H groups in total. The van der Waals surface area contributed by atoms with Crippen molar-refractivity contribution in [3.63, 3.8) is 0 Å². The first-order valence-corrected chi connectivity index (χ1v) is 10.1. The number of carbonyl (C=O) groups is 1. The molecule has 0 aliphatic heterocycles. The summed E-state index contributed by atoms with van der Waals surface area (Å²) in [5.74, 6) is 1.13. The number of carbonyl (C=O) groups excluding carboxylic acids is 1. The van der Waals surface area contributed by atoms with E-state index >= 15 is 0 Å². The predicted molar refractivity (Wildman–Crippen MR) is 116 cm³/mol. The van der Waals surface area contributed by atoms with Crippen LogP contribution in [0.4, 0.5) is 11.9 Å². The average Bonchev–Trinajstić information content (AvgIpc) is 3.21. The third-order valence-electron chi connectivity index (χ3n) is 4.02. The molecule has 156 valence electrons. The zero-order valence-electron chi connectivity index (χ0n) is 16.3. The average molecular weight is 434 g/mol. The van der Waals surface area contributed by atoms with E-state index in [2.05, 4.69) is 19.9 Å². The van der Waals surface area contributed by atoms with Crippen LogP contribution in [0.2, 0.25) is 0 Å². The fourth-order valence-corrected chi connectivity index (χ4v) is 3.52. The van der Waals surface area contributed by atoms with Crippen LogP contribution in [0, 0.1) is 0 Å². The molecule has 0 radical (unpaired) electrons. The van der Waals surface area contributed by atoms with Gasteiger partial charge in [-0.2, -0.15) is 15.0 Å². The lowest BCUT2D eigenvalue weighted by atomic mass is 10.2. The Hall–Kier alpha value is -4.05. The number of rotatable bonds is 7. The monoisotopic (exact) mass is 434 g/mol. The maximum absolute atomic E-state index is 12.1. The third kappa shape index (κ3) is 5.52. The van der Waals surface area contributed by atoms with Crippen molar-refractivity contribution < 1.29 is 14.3 Å². The standard InChI is InChI=1S/C21H18N6O3S/c22-20-25-17(26-21(23)27-20)11-29-18(28)10-14-12-31-19(24-14)13-5-4-8-16(9-13)30-15-6-2-1-3-7-15/h1-9,12H,10-11H2,(H4,22,23,25,26,27). The quantitative estimate of drug-likeness (QED) is 0.420. The highest BCUT2D eigenvalue weighted by Gasteiger charge is 2.12. The van der Waals surface area contributed by atoms with E-state index in [0.29, 0.717) is 11.4 Å². The summed E-state index contributed by atoms with van der Waals surface area (Å²) in [5.41, 5.74) is 12.5. The molecular weight excluding hydrogens is 416 g/mol. The van der Waals surface area contributed by atoms with Crippen molar-refractivity contribution in [1.82, 2.24) is 19.9 Å². The molecule has 0 spiro atoms. The largest absolute Gasteiger partial charge is 0.457 e. The first kappa shape index (κ1) is 20.2. The van der Waals surface area contributed by atoms with Gasteiger partial charge in [0.1, 0.15) is 16.5 Å². The second kappa shape index (κ2) is 9.18. The molecule has 0 amide bonds. The third-order valence-corrected chi connectivity index (χ3v) is 4.96. The molecule has 9 nitrogen and oxygen atoms in total. The van der Waals surface area contributed by atoms with Crippen molar-refractivity contribution in [2.45, 2.75) is 13.0 Å². The first-order valence-electron chi connectivity index (χ1n) is 9.24. The number of nitrogen functional groups attached to an aromatic ring is 2. The van der Waals surface area contributed by atoms with Crippen LogP contribution in [0.3, 0.4) is 0 Å². The molecule has 31 heavy (non-hydrogen) atoms. The van der Waals surface area contributed by atoms with Gasteiger partial charge in [0.05, 0.1) is 12.1 Å². The van der Waals surface area contributed by atoms with Gasteiger partial charge in [-0.3, -0.25) is 4.79 Å².